The van der Waals surface area contributed by atoms with Crippen molar-refractivity contribution in [2.75, 3.05) is 58.5 Å². The van der Waals surface area contributed by atoms with Crippen molar-refractivity contribution < 1.29 is 28.9 Å². The molecular formula is C30H41N5O6. The number of aldehydes is 1. The number of carbonyl (C=O) groups is 2. The number of methoxy groups -OCH3 is 2. The van der Waals surface area contributed by atoms with Gasteiger partial charge in [0.05, 0.1) is 23.7 Å². The maximum absolute atomic E-state index is 11.0. The third-order valence-electron chi connectivity index (χ3n) is 5.95. The summed E-state index contributed by atoms with van der Waals surface area (Å²) in [5, 5.41) is 10.4. The average molecular weight is 568 g/mol. The van der Waals surface area contributed by atoms with E-state index in [4.69, 9.17) is 14.5 Å². The second kappa shape index (κ2) is 16.9. The molecule has 4 rings (SSSR count). The van der Waals surface area contributed by atoms with Gasteiger partial charge in [0.2, 0.25) is 6.41 Å². The van der Waals surface area contributed by atoms with E-state index in [2.05, 4.69) is 19.6 Å². The number of aromatic nitrogens is 3. The van der Waals surface area contributed by atoms with Crippen molar-refractivity contribution in [1.82, 2.24) is 19.9 Å². The third kappa shape index (κ3) is 10.8. The van der Waals surface area contributed by atoms with Crippen molar-refractivity contribution in [3.63, 3.8) is 0 Å². The minimum atomic E-state index is -0.0125. The molecular weight excluding hydrogens is 526 g/mol. The Kier molecular flexibility index (Phi) is 13.6. The Morgan fingerprint density at radius 1 is 0.976 bits per heavy atom. The van der Waals surface area contributed by atoms with Crippen LogP contribution in [0.1, 0.15) is 27.7 Å². The van der Waals surface area contributed by atoms with Gasteiger partial charge in [-0.2, -0.15) is 0 Å². The van der Waals surface area contributed by atoms with E-state index in [1.165, 1.54) is 6.20 Å². The fourth-order valence-electron chi connectivity index (χ4n) is 3.41. The number of benzene rings is 1. The van der Waals surface area contributed by atoms with Crippen LogP contribution in [-0.2, 0) is 19.1 Å². The maximum Gasteiger partial charge on any atom is 0.209 e. The molecule has 222 valence electrons. The Hall–Kier alpha value is -4.09. The molecule has 41 heavy (non-hydrogen) atoms. The highest BCUT2D eigenvalue weighted by molar-refractivity contribution is 5.81. The fourth-order valence-corrected chi connectivity index (χ4v) is 3.41. The Labute approximate surface area is 242 Å². The van der Waals surface area contributed by atoms with Crippen LogP contribution in [0.3, 0.4) is 0 Å². The number of piperazine rings is 1. The molecule has 3 heterocycles. The molecule has 3 aromatic rings. The number of hydrogen-bond donors (Lipinski definition) is 1. The molecule has 0 aliphatic carbocycles. The van der Waals surface area contributed by atoms with E-state index in [1.54, 1.807) is 49.7 Å². The predicted molar refractivity (Wildman–Crippen MR) is 158 cm³/mol. The lowest BCUT2D eigenvalue weighted by Gasteiger charge is -2.33. The van der Waals surface area contributed by atoms with Gasteiger partial charge in [0.15, 0.2) is 6.29 Å². The first-order chi connectivity index (χ1) is 19.7. The summed E-state index contributed by atoms with van der Waals surface area (Å²) in [5.74, 6) is 1.25. The van der Waals surface area contributed by atoms with Crippen LogP contribution in [0.5, 0.6) is 11.5 Å². The quantitative estimate of drug-likeness (QED) is 0.401. The SMILES string of the molecule is CCOC.COC(C)(C)C.O=CCOc1ccc(-c2ncc(N3CCN(C=O)CC3)nc2-c2ccncc2O)cc1. The molecule has 1 amide bonds. The number of hydrogen-bond acceptors (Lipinski definition) is 10. The van der Waals surface area contributed by atoms with Gasteiger partial charge in [-0.3, -0.25) is 19.6 Å². The lowest BCUT2D eigenvalue weighted by Crippen LogP contribution is -2.46. The van der Waals surface area contributed by atoms with Gasteiger partial charge >= 0.3 is 0 Å². The lowest BCUT2D eigenvalue weighted by molar-refractivity contribution is -0.118. The Morgan fingerprint density at radius 3 is 2.12 bits per heavy atom. The van der Waals surface area contributed by atoms with Gasteiger partial charge in [0.1, 0.15) is 29.6 Å². The number of pyridine rings is 1. The highest BCUT2D eigenvalue weighted by Gasteiger charge is 2.21. The minimum Gasteiger partial charge on any atom is -0.506 e. The Bertz CT molecular complexity index is 1210. The van der Waals surface area contributed by atoms with E-state index < -0.39 is 0 Å². The van der Waals surface area contributed by atoms with Crippen LogP contribution in [0.4, 0.5) is 5.82 Å². The summed E-state index contributed by atoms with van der Waals surface area (Å²) in [6.45, 7) is 11.4. The van der Waals surface area contributed by atoms with E-state index in [0.717, 1.165) is 18.6 Å². The molecule has 11 heteroatoms. The second-order valence-electron chi connectivity index (χ2n) is 9.84. The highest BCUT2D eigenvalue weighted by Crippen LogP contribution is 2.35. The van der Waals surface area contributed by atoms with Crippen LogP contribution >= 0.6 is 0 Å². The van der Waals surface area contributed by atoms with Crippen LogP contribution in [0, 0.1) is 0 Å². The van der Waals surface area contributed by atoms with E-state index >= 15 is 0 Å². The van der Waals surface area contributed by atoms with Gasteiger partial charge < -0.3 is 29.1 Å². The van der Waals surface area contributed by atoms with Crippen LogP contribution in [0.2, 0.25) is 0 Å². The Balaban J connectivity index is 0.000000507. The van der Waals surface area contributed by atoms with Gasteiger partial charge in [-0.15, -0.1) is 0 Å². The number of anilines is 1. The molecule has 1 aliphatic rings. The molecule has 1 aromatic carbocycles. The summed E-state index contributed by atoms with van der Waals surface area (Å²) in [5.41, 5.74) is 2.47. The van der Waals surface area contributed by atoms with Crippen molar-refractivity contribution >= 4 is 18.5 Å². The minimum absolute atomic E-state index is 0.00640. The fraction of sp³-hybridized carbons (Fsp3) is 0.433. The van der Waals surface area contributed by atoms with Gasteiger partial charge in [-0.05, 0) is 58.0 Å². The summed E-state index contributed by atoms with van der Waals surface area (Å²) in [4.78, 5) is 38.7. The van der Waals surface area contributed by atoms with Crippen LogP contribution in [0.25, 0.3) is 22.5 Å². The number of nitrogens with zero attached hydrogens (tertiary/aromatic N) is 5. The van der Waals surface area contributed by atoms with Crippen LogP contribution in [-0.4, -0.2) is 96.9 Å². The molecule has 0 saturated carbocycles. The highest BCUT2D eigenvalue weighted by atomic mass is 16.5. The molecule has 1 fully saturated rings. The van der Waals surface area contributed by atoms with Crippen LogP contribution < -0.4 is 9.64 Å². The topological polar surface area (TPSA) is 127 Å². The van der Waals surface area contributed by atoms with Crippen molar-refractivity contribution in [2.24, 2.45) is 0 Å². The molecule has 0 radical (unpaired) electrons. The van der Waals surface area contributed by atoms with Crippen molar-refractivity contribution in [2.45, 2.75) is 33.3 Å². The summed E-state index contributed by atoms with van der Waals surface area (Å²) in [7, 11) is 3.39. The number of ether oxygens (including phenoxy) is 3. The molecule has 0 spiro atoms. The molecule has 0 unspecified atom stereocenters. The zero-order chi connectivity index (χ0) is 30.3. The molecule has 0 atom stereocenters. The number of amides is 1. The number of rotatable bonds is 8. The first-order valence-corrected chi connectivity index (χ1v) is 13.3. The molecule has 1 aliphatic heterocycles. The third-order valence-corrected chi connectivity index (χ3v) is 5.95. The maximum atomic E-state index is 11.0. The van der Waals surface area contributed by atoms with Gasteiger partial charge in [0.25, 0.3) is 0 Å². The molecule has 11 nitrogen and oxygen atoms in total. The second-order valence-corrected chi connectivity index (χ2v) is 9.84. The van der Waals surface area contributed by atoms with E-state index in [0.29, 0.717) is 61.0 Å². The first kappa shape index (κ1) is 33.1. The average Bonchev–Trinajstić information content (AvgIpc) is 3.00. The van der Waals surface area contributed by atoms with E-state index in [1.807, 2.05) is 39.8 Å². The zero-order valence-electron chi connectivity index (χ0n) is 24.7. The van der Waals surface area contributed by atoms with Crippen LogP contribution in [0.15, 0.2) is 48.9 Å². The van der Waals surface area contributed by atoms with Gasteiger partial charge in [0, 0.05) is 64.3 Å². The largest absolute Gasteiger partial charge is 0.506 e. The van der Waals surface area contributed by atoms with E-state index in [9.17, 15) is 14.7 Å². The molecule has 1 saturated heterocycles. The number of carbonyl (C=O) groups excluding carboxylic acids is 2. The molecule has 2 aromatic heterocycles. The van der Waals surface area contributed by atoms with Crippen molar-refractivity contribution in [1.29, 1.82) is 0 Å². The monoisotopic (exact) mass is 567 g/mol. The summed E-state index contributed by atoms with van der Waals surface area (Å²) in [6.07, 6.45) is 6.20. The zero-order valence-corrected chi connectivity index (χ0v) is 24.7. The summed E-state index contributed by atoms with van der Waals surface area (Å²) < 4.78 is 14.8. The summed E-state index contributed by atoms with van der Waals surface area (Å²) in [6, 6.07) is 8.86. The predicted octanol–water partition coefficient (Wildman–Crippen LogP) is 3.85. The first-order valence-electron chi connectivity index (χ1n) is 13.3. The molecule has 1 N–H and O–H groups in total. The lowest BCUT2D eigenvalue weighted by atomic mass is 10.0. The molecule has 0 bridgehead atoms. The standard InChI is InChI=1S/C22H21N5O4.C5H12O.C3H8O/c28-11-12-31-17-3-1-16(2-4-17)21-22(18-5-6-23-13-19(18)30)25-20(14-24-21)27-9-7-26(15-29)8-10-27;1-5(2,3)6-4;1-3-4-2/h1-6,11,13-15,30H,7-10,12H2;1-4H3;3H2,1-2H3. The van der Waals surface area contributed by atoms with Crippen molar-refractivity contribution in [3.8, 4) is 34.0 Å². The van der Waals surface area contributed by atoms with Gasteiger partial charge in [-0.1, -0.05) is 0 Å². The Morgan fingerprint density at radius 2 is 1.61 bits per heavy atom. The number of aromatic hydroxyl groups is 1. The van der Waals surface area contributed by atoms with E-state index in [-0.39, 0.29) is 18.0 Å². The van der Waals surface area contributed by atoms with Crippen molar-refractivity contribution in [3.05, 3.63) is 48.9 Å². The normalized spacial score (nSPS) is 12.8. The van der Waals surface area contributed by atoms with Gasteiger partial charge in [-0.25, -0.2) is 4.98 Å². The smallest absolute Gasteiger partial charge is 0.209 e. The summed E-state index contributed by atoms with van der Waals surface area (Å²) >= 11 is 0.